The lowest BCUT2D eigenvalue weighted by molar-refractivity contribution is -0.130. The van der Waals surface area contributed by atoms with E-state index in [4.69, 9.17) is 5.73 Å². The molecule has 1 saturated heterocycles. The third kappa shape index (κ3) is 3.04. The number of rotatable bonds is 3. The Bertz CT molecular complexity index is 192. The molecule has 0 aromatic rings. The highest BCUT2D eigenvalue weighted by molar-refractivity contribution is 7.99. The fourth-order valence-electron chi connectivity index (χ4n) is 1.71. The summed E-state index contributed by atoms with van der Waals surface area (Å²) in [6, 6.07) is 0.294. The maximum atomic E-state index is 11.8. The average molecular weight is 239 g/mol. The Labute approximate surface area is 96.2 Å². The van der Waals surface area contributed by atoms with Crippen LogP contribution in [0.3, 0.4) is 0 Å². The van der Waals surface area contributed by atoms with Crippen molar-refractivity contribution in [1.82, 2.24) is 4.90 Å². The lowest BCUT2D eigenvalue weighted by atomic mass is 10.2. The maximum absolute atomic E-state index is 11.8. The quantitative estimate of drug-likeness (QED) is 0.801. The van der Waals surface area contributed by atoms with Gasteiger partial charge in [-0.25, -0.2) is 0 Å². The number of hydrogen-bond donors (Lipinski definition) is 1. The van der Waals surface area contributed by atoms with Crippen molar-refractivity contribution in [3.8, 4) is 0 Å². The fraction of sp³-hybridized carbons (Fsp3) is 0.889. The van der Waals surface area contributed by atoms with Crippen molar-refractivity contribution < 1.29 is 4.79 Å². The second-order valence-corrected chi connectivity index (χ2v) is 4.62. The summed E-state index contributed by atoms with van der Waals surface area (Å²) in [6.07, 6.45) is 4.15. The van der Waals surface area contributed by atoms with E-state index in [9.17, 15) is 4.79 Å². The monoisotopic (exact) mass is 238 g/mol. The number of thioether (sulfide) groups is 1. The second kappa shape index (κ2) is 6.53. The van der Waals surface area contributed by atoms with Gasteiger partial charge in [0.15, 0.2) is 0 Å². The Morgan fingerprint density at radius 1 is 1.71 bits per heavy atom. The molecular formula is C9H19ClN2OS. The third-order valence-electron chi connectivity index (χ3n) is 2.63. The first-order valence-electron chi connectivity index (χ1n) is 4.74. The van der Waals surface area contributed by atoms with Crippen LogP contribution >= 0.6 is 24.2 Å². The molecule has 2 N–H and O–H groups in total. The number of likely N-dealkylation sites (tertiary alicyclic amines) is 1. The van der Waals surface area contributed by atoms with Gasteiger partial charge in [0.25, 0.3) is 0 Å². The van der Waals surface area contributed by atoms with Crippen LogP contribution in [0.5, 0.6) is 0 Å². The van der Waals surface area contributed by atoms with E-state index in [0.29, 0.717) is 12.6 Å². The summed E-state index contributed by atoms with van der Waals surface area (Å²) < 4.78 is 0. The zero-order chi connectivity index (χ0) is 9.84. The van der Waals surface area contributed by atoms with E-state index in [-0.39, 0.29) is 23.6 Å². The second-order valence-electron chi connectivity index (χ2n) is 3.44. The minimum Gasteiger partial charge on any atom is -0.337 e. The number of nitrogens with zero attached hydrogens (tertiary/aromatic N) is 1. The van der Waals surface area contributed by atoms with Crippen LogP contribution in [0.2, 0.25) is 0 Å². The summed E-state index contributed by atoms with van der Waals surface area (Å²) >= 11 is 1.60. The minimum absolute atomic E-state index is 0. The molecule has 1 heterocycles. The molecule has 0 aromatic carbocycles. The molecule has 2 unspecified atom stereocenters. The van der Waals surface area contributed by atoms with Gasteiger partial charge >= 0.3 is 0 Å². The van der Waals surface area contributed by atoms with Gasteiger partial charge < -0.3 is 10.6 Å². The van der Waals surface area contributed by atoms with E-state index >= 15 is 0 Å². The molecule has 2 atom stereocenters. The molecule has 1 fully saturated rings. The Kier molecular flexibility index (Phi) is 6.57. The third-order valence-corrected chi connectivity index (χ3v) is 3.54. The van der Waals surface area contributed by atoms with E-state index in [1.165, 1.54) is 0 Å². The van der Waals surface area contributed by atoms with Crippen molar-refractivity contribution >= 4 is 30.1 Å². The van der Waals surface area contributed by atoms with Crippen molar-refractivity contribution in [1.29, 1.82) is 0 Å². The van der Waals surface area contributed by atoms with Gasteiger partial charge in [-0.3, -0.25) is 4.79 Å². The van der Waals surface area contributed by atoms with Gasteiger partial charge in [-0.2, -0.15) is 11.8 Å². The number of nitrogens with two attached hydrogens (primary N) is 1. The largest absolute Gasteiger partial charge is 0.337 e. The summed E-state index contributed by atoms with van der Waals surface area (Å²) in [5.41, 5.74) is 5.60. The molecule has 1 rings (SSSR count). The molecule has 0 spiro atoms. The highest BCUT2D eigenvalue weighted by atomic mass is 35.5. The van der Waals surface area contributed by atoms with Crippen LogP contribution in [0.15, 0.2) is 0 Å². The van der Waals surface area contributed by atoms with Crippen LogP contribution in [0.4, 0.5) is 0 Å². The average Bonchev–Trinajstić information content (AvgIpc) is 2.62. The highest BCUT2D eigenvalue weighted by Crippen LogP contribution is 2.20. The van der Waals surface area contributed by atoms with Crippen molar-refractivity contribution in [3.05, 3.63) is 0 Å². The van der Waals surface area contributed by atoms with E-state index in [1.54, 1.807) is 11.8 Å². The minimum atomic E-state index is 0. The summed E-state index contributed by atoms with van der Waals surface area (Å²) in [6.45, 7) is 3.46. The summed E-state index contributed by atoms with van der Waals surface area (Å²) in [5.74, 6) is 0.250. The molecular weight excluding hydrogens is 220 g/mol. The van der Waals surface area contributed by atoms with E-state index in [2.05, 4.69) is 0 Å². The van der Waals surface area contributed by atoms with Crippen LogP contribution in [0.1, 0.15) is 19.8 Å². The topological polar surface area (TPSA) is 46.3 Å². The zero-order valence-corrected chi connectivity index (χ0v) is 10.4. The first kappa shape index (κ1) is 14.1. The van der Waals surface area contributed by atoms with Crippen LogP contribution in [-0.2, 0) is 4.79 Å². The SMILES string of the molecule is CSC(C)C(=O)N1CCCC1CN.Cl. The molecule has 0 aromatic heterocycles. The highest BCUT2D eigenvalue weighted by Gasteiger charge is 2.29. The lowest BCUT2D eigenvalue weighted by Crippen LogP contribution is -2.43. The lowest BCUT2D eigenvalue weighted by Gasteiger charge is -2.25. The molecule has 0 bridgehead atoms. The van der Waals surface area contributed by atoms with Crippen LogP contribution in [-0.4, -0.2) is 41.4 Å². The number of halogens is 1. The summed E-state index contributed by atoms with van der Waals surface area (Å²) in [4.78, 5) is 13.7. The number of hydrogen-bond acceptors (Lipinski definition) is 3. The normalized spacial score (nSPS) is 23.1. The van der Waals surface area contributed by atoms with E-state index in [1.807, 2.05) is 18.1 Å². The Hall–Kier alpha value is 0.0700. The van der Waals surface area contributed by atoms with Crippen molar-refractivity contribution in [3.63, 3.8) is 0 Å². The molecule has 1 aliphatic heterocycles. The number of amides is 1. The van der Waals surface area contributed by atoms with Gasteiger partial charge in [-0.05, 0) is 26.0 Å². The van der Waals surface area contributed by atoms with Gasteiger partial charge in [0.05, 0.1) is 5.25 Å². The predicted octanol–water partition coefficient (Wildman–Crippen LogP) is 1.11. The maximum Gasteiger partial charge on any atom is 0.235 e. The van der Waals surface area contributed by atoms with Crippen LogP contribution in [0, 0.1) is 0 Å². The smallest absolute Gasteiger partial charge is 0.235 e. The fourth-order valence-corrected chi connectivity index (χ4v) is 2.04. The molecule has 3 nitrogen and oxygen atoms in total. The van der Waals surface area contributed by atoms with Gasteiger partial charge in [0, 0.05) is 19.1 Å². The van der Waals surface area contributed by atoms with Gasteiger partial charge in [-0.15, -0.1) is 12.4 Å². The van der Waals surface area contributed by atoms with Crippen molar-refractivity contribution in [2.45, 2.75) is 31.1 Å². The first-order valence-corrected chi connectivity index (χ1v) is 6.02. The Morgan fingerprint density at radius 3 is 2.86 bits per heavy atom. The number of carbonyl (C=O) groups is 1. The van der Waals surface area contributed by atoms with Gasteiger partial charge in [-0.1, -0.05) is 0 Å². The Balaban J connectivity index is 0.00000169. The summed E-state index contributed by atoms with van der Waals surface area (Å²) in [5, 5.41) is 0.0761. The molecule has 0 saturated carbocycles. The zero-order valence-electron chi connectivity index (χ0n) is 8.73. The molecule has 0 aliphatic carbocycles. The number of carbonyl (C=O) groups excluding carboxylic acids is 1. The van der Waals surface area contributed by atoms with Crippen LogP contribution < -0.4 is 5.73 Å². The molecule has 5 heteroatoms. The van der Waals surface area contributed by atoms with Crippen molar-refractivity contribution in [2.24, 2.45) is 5.73 Å². The molecule has 1 aliphatic rings. The first-order chi connectivity index (χ1) is 6.20. The van der Waals surface area contributed by atoms with Crippen molar-refractivity contribution in [2.75, 3.05) is 19.3 Å². The molecule has 1 amide bonds. The molecule has 0 radical (unpaired) electrons. The predicted molar refractivity (Wildman–Crippen MR) is 64.0 cm³/mol. The summed E-state index contributed by atoms with van der Waals surface area (Å²) in [7, 11) is 0. The van der Waals surface area contributed by atoms with Gasteiger partial charge in [0.1, 0.15) is 0 Å². The van der Waals surface area contributed by atoms with Crippen LogP contribution in [0.25, 0.3) is 0 Å². The molecule has 84 valence electrons. The standard InChI is InChI=1S/C9H18N2OS.ClH/c1-7(13-2)9(12)11-5-3-4-8(11)6-10;/h7-8H,3-6,10H2,1-2H3;1H. The van der Waals surface area contributed by atoms with Gasteiger partial charge in [0.2, 0.25) is 5.91 Å². The Morgan fingerprint density at radius 2 is 2.36 bits per heavy atom. The molecule has 14 heavy (non-hydrogen) atoms. The van der Waals surface area contributed by atoms with E-state index < -0.39 is 0 Å². The van der Waals surface area contributed by atoms with E-state index in [0.717, 1.165) is 19.4 Å².